The van der Waals surface area contributed by atoms with Gasteiger partial charge in [0, 0.05) is 22.5 Å². The van der Waals surface area contributed by atoms with Gasteiger partial charge in [-0.25, -0.2) is 5.01 Å². The highest BCUT2D eigenvalue weighted by Gasteiger charge is 2.34. The number of aryl methyl sites for hydroxylation is 2. The van der Waals surface area contributed by atoms with Crippen LogP contribution in [0.5, 0.6) is 0 Å². The van der Waals surface area contributed by atoms with Crippen LogP contribution in [0.2, 0.25) is 0 Å². The third-order valence-corrected chi connectivity index (χ3v) is 6.51. The number of amides is 2. The summed E-state index contributed by atoms with van der Waals surface area (Å²) in [6, 6.07) is 10.8. The van der Waals surface area contributed by atoms with Crippen LogP contribution in [0.15, 0.2) is 60.3 Å². The minimum Gasteiger partial charge on any atom is -0.428 e. The van der Waals surface area contributed by atoms with Gasteiger partial charge in [-0.05, 0) is 82.8 Å². The highest BCUT2D eigenvalue weighted by molar-refractivity contribution is 6.66. The molecule has 0 bridgehead atoms. The van der Waals surface area contributed by atoms with Crippen molar-refractivity contribution in [1.29, 1.82) is 0 Å². The third kappa shape index (κ3) is 5.33. The van der Waals surface area contributed by atoms with Gasteiger partial charge in [-0.2, -0.15) is 0 Å². The van der Waals surface area contributed by atoms with E-state index in [9.17, 15) is 14.6 Å². The van der Waals surface area contributed by atoms with Crippen LogP contribution in [0.1, 0.15) is 66.0 Å². The summed E-state index contributed by atoms with van der Waals surface area (Å²) in [4.78, 5) is 28.5. The maximum Gasteiger partial charge on any atom is 0.452 e. The first-order valence-corrected chi connectivity index (χ1v) is 12.4. The smallest absolute Gasteiger partial charge is 0.428 e. The molecule has 7 nitrogen and oxygen atoms in total. The number of fused-ring (bicyclic) bond motifs is 1. The van der Waals surface area contributed by atoms with E-state index in [-0.39, 0.29) is 5.91 Å². The molecular formula is C28H35BN4O3. The van der Waals surface area contributed by atoms with E-state index >= 15 is 0 Å². The molecule has 0 spiro atoms. The van der Waals surface area contributed by atoms with E-state index in [0.717, 1.165) is 23.2 Å². The van der Waals surface area contributed by atoms with Crippen LogP contribution in [-0.4, -0.2) is 45.9 Å². The van der Waals surface area contributed by atoms with E-state index in [0.29, 0.717) is 34.9 Å². The molecule has 188 valence electrons. The number of benzene rings is 2. The fraction of sp³-hybridized carbons (Fsp3) is 0.357. The summed E-state index contributed by atoms with van der Waals surface area (Å²) in [5.41, 5.74) is 7.44. The molecule has 1 unspecified atom stereocenters. The Bertz CT molecular complexity index is 1230. The van der Waals surface area contributed by atoms with E-state index < -0.39 is 18.5 Å². The van der Waals surface area contributed by atoms with Crippen molar-refractivity contribution in [2.24, 2.45) is 5.92 Å². The summed E-state index contributed by atoms with van der Waals surface area (Å²) in [6.45, 7) is 12.1. The monoisotopic (exact) mass is 486 g/mol. The maximum atomic E-state index is 13.4. The molecule has 1 heterocycles. The fourth-order valence-corrected chi connectivity index (χ4v) is 4.58. The minimum atomic E-state index is -0.820. The van der Waals surface area contributed by atoms with Crippen molar-refractivity contribution in [3.8, 4) is 0 Å². The molecule has 0 saturated heterocycles. The van der Waals surface area contributed by atoms with Crippen LogP contribution in [0.4, 0.5) is 5.69 Å². The largest absolute Gasteiger partial charge is 0.452 e. The fourth-order valence-electron chi connectivity index (χ4n) is 4.58. The van der Waals surface area contributed by atoms with Gasteiger partial charge in [-0.15, -0.1) is 0 Å². The summed E-state index contributed by atoms with van der Waals surface area (Å²) >= 11 is 0. The van der Waals surface area contributed by atoms with Crippen LogP contribution in [0.25, 0.3) is 0 Å². The standard InChI is InChI=1S/C28H35BN4O3/c1-18-7-10-23(11-8-18)32-17-30-25-16-21(9-12-24(25)29(32)36)26(34)31-33(28(4,5)6)27(35)22-14-19(2)13-20(3)15-22/h7,9-16,18,30,36H,8,17H2,1-6H3,(H,31,34). The Labute approximate surface area is 214 Å². The van der Waals surface area contributed by atoms with Crippen LogP contribution in [-0.2, 0) is 0 Å². The molecule has 3 N–H and O–H groups in total. The number of nitrogens with zero attached hydrogens (tertiary/aromatic N) is 2. The summed E-state index contributed by atoms with van der Waals surface area (Å²) in [7, 11) is -0.820. The zero-order chi connectivity index (χ0) is 26.2. The van der Waals surface area contributed by atoms with Crippen LogP contribution in [0, 0.1) is 19.8 Å². The van der Waals surface area contributed by atoms with Gasteiger partial charge in [0.2, 0.25) is 0 Å². The van der Waals surface area contributed by atoms with E-state index in [4.69, 9.17) is 0 Å². The molecule has 0 aromatic heterocycles. The average Bonchev–Trinajstić information content (AvgIpc) is 2.81. The van der Waals surface area contributed by atoms with Crippen molar-refractivity contribution >= 4 is 30.0 Å². The first-order valence-electron chi connectivity index (χ1n) is 12.4. The van der Waals surface area contributed by atoms with Gasteiger partial charge in [0.25, 0.3) is 11.8 Å². The number of hydrogen-bond donors (Lipinski definition) is 3. The number of hydrogen-bond acceptors (Lipinski definition) is 5. The minimum absolute atomic E-state index is 0.270. The van der Waals surface area contributed by atoms with Gasteiger partial charge in [0.15, 0.2) is 0 Å². The zero-order valence-electron chi connectivity index (χ0n) is 21.9. The number of carbonyl (C=O) groups excluding carboxylic acids is 2. The van der Waals surface area contributed by atoms with Crippen molar-refractivity contribution in [2.45, 2.75) is 53.5 Å². The maximum absolute atomic E-state index is 13.4. The molecule has 8 heteroatoms. The van der Waals surface area contributed by atoms with Gasteiger partial charge < -0.3 is 15.2 Å². The molecule has 0 fully saturated rings. The highest BCUT2D eigenvalue weighted by Crippen LogP contribution is 2.24. The van der Waals surface area contributed by atoms with Crippen molar-refractivity contribution in [3.05, 3.63) is 82.6 Å². The molecule has 36 heavy (non-hydrogen) atoms. The Morgan fingerprint density at radius 2 is 1.81 bits per heavy atom. The number of hydrazine groups is 1. The molecule has 0 saturated carbocycles. The second kappa shape index (κ2) is 9.86. The second-order valence-electron chi connectivity index (χ2n) is 10.8. The molecule has 0 radical (unpaired) electrons. The zero-order valence-corrected chi connectivity index (χ0v) is 21.9. The second-order valence-corrected chi connectivity index (χ2v) is 10.8. The summed E-state index contributed by atoms with van der Waals surface area (Å²) < 4.78 is 0. The third-order valence-electron chi connectivity index (χ3n) is 6.51. The van der Waals surface area contributed by atoms with E-state index in [1.165, 1.54) is 5.01 Å². The molecular weight excluding hydrogens is 451 g/mol. The molecule has 1 atom stereocenters. The topological polar surface area (TPSA) is 84.9 Å². The first kappa shape index (κ1) is 25.6. The normalized spacial score (nSPS) is 17.2. The molecule has 2 aromatic carbocycles. The Balaban J connectivity index is 1.54. The van der Waals surface area contributed by atoms with Gasteiger partial charge in [0.1, 0.15) is 0 Å². The lowest BCUT2D eigenvalue weighted by atomic mass is 9.68. The first-order chi connectivity index (χ1) is 16.9. The predicted molar refractivity (Wildman–Crippen MR) is 145 cm³/mol. The van der Waals surface area contributed by atoms with Crippen molar-refractivity contribution in [2.75, 3.05) is 12.0 Å². The van der Waals surface area contributed by atoms with Crippen LogP contribution in [0.3, 0.4) is 0 Å². The Hall–Kier alpha value is -3.52. The van der Waals surface area contributed by atoms with E-state index in [1.807, 2.05) is 63.7 Å². The van der Waals surface area contributed by atoms with Gasteiger partial charge in [-0.3, -0.25) is 15.0 Å². The predicted octanol–water partition coefficient (Wildman–Crippen LogP) is 3.74. The van der Waals surface area contributed by atoms with Crippen LogP contribution < -0.4 is 16.2 Å². The lowest BCUT2D eigenvalue weighted by Crippen LogP contribution is -2.56. The van der Waals surface area contributed by atoms with Gasteiger partial charge in [0.05, 0.1) is 12.2 Å². The Morgan fingerprint density at radius 3 is 2.42 bits per heavy atom. The lowest BCUT2D eigenvalue weighted by molar-refractivity contribution is 0.0358. The highest BCUT2D eigenvalue weighted by atomic mass is 16.2. The SMILES string of the molecule is Cc1cc(C)cc(C(=O)N(NC(=O)c2ccc3c(c2)NCN(C2=CCC(C)C=C2)B3O)C(C)(C)C)c1. The molecule has 4 rings (SSSR count). The molecule has 2 aromatic rings. The molecule has 2 aliphatic rings. The number of carbonyl (C=O) groups is 2. The van der Waals surface area contributed by atoms with Gasteiger partial charge >= 0.3 is 7.05 Å². The quantitative estimate of drug-likeness (QED) is 0.455. The van der Waals surface area contributed by atoms with Crippen LogP contribution >= 0.6 is 0 Å². The summed E-state index contributed by atoms with van der Waals surface area (Å²) in [5.74, 6) is -0.171. The number of rotatable bonds is 3. The van der Waals surface area contributed by atoms with Crippen molar-refractivity contribution in [3.63, 3.8) is 0 Å². The number of anilines is 1. The number of nitrogens with one attached hydrogen (secondary N) is 2. The summed E-state index contributed by atoms with van der Waals surface area (Å²) in [5, 5.41) is 15.7. The molecule has 2 amide bonds. The summed E-state index contributed by atoms with van der Waals surface area (Å²) in [6.07, 6.45) is 7.26. The van der Waals surface area contributed by atoms with E-state index in [2.05, 4.69) is 29.8 Å². The Kier molecular flexibility index (Phi) is 7.00. The average molecular weight is 486 g/mol. The van der Waals surface area contributed by atoms with E-state index in [1.54, 1.807) is 18.2 Å². The van der Waals surface area contributed by atoms with Crippen molar-refractivity contribution in [1.82, 2.24) is 15.2 Å². The van der Waals surface area contributed by atoms with Crippen molar-refractivity contribution < 1.29 is 14.6 Å². The molecule has 1 aliphatic heterocycles. The molecule has 1 aliphatic carbocycles. The lowest BCUT2D eigenvalue weighted by Gasteiger charge is -2.37. The Morgan fingerprint density at radius 1 is 1.11 bits per heavy atom. The number of allylic oxidation sites excluding steroid dienone is 3. The van der Waals surface area contributed by atoms with Gasteiger partial charge in [-0.1, -0.05) is 42.3 Å².